The molecule has 1 N–H and O–H groups in total. The number of hydrogen-bond acceptors (Lipinski definition) is 6. The van der Waals surface area contributed by atoms with Crippen LogP contribution in [-0.4, -0.2) is 38.3 Å². The number of methoxy groups -OCH3 is 2. The van der Waals surface area contributed by atoms with E-state index in [1.54, 1.807) is 25.6 Å². The molecule has 3 rings (SSSR count). The number of nitrogens with one attached hydrogen (secondary N) is 1. The lowest BCUT2D eigenvalue weighted by molar-refractivity contribution is 0.394. The highest BCUT2D eigenvalue weighted by atomic mass is 32.1. The van der Waals surface area contributed by atoms with Gasteiger partial charge in [0.25, 0.3) is 0 Å². The van der Waals surface area contributed by atoms with Gasteiger partial charge < -0.3 is 19.7 Å². The number of aromatic nitrogens is 1. The van der Waals surface area contributed by atoms with Crippen molar-refractivity contribution in [3.05, 3.63) is 34.3 Å². The molecule has 0 radical (unpaired) electrons. The van der Waals surface area contributed by atoms with E-state index in [4.69, 9.17) is 9.47 Å². The first kappa shape index (κ1) is 16.1. The van der Waals surface area contributed by atoms with Gasteiger partial charge in [0.05, 0.1) is 24.9 Å². The van der Waals surface area contributed by atoms with Crippen molar-refractivity contribution in [1.29, 1.82) is 0 Å². The Morgan fingerprint density at radius 1 is 1.26 bits per heavy atom. The van der Waals surface area contributed by atoms with Crippen molar-refractivity contribution in [2.45, 2.75) is 25.9 Å². The number of hydrogen-bond donors (Lipinski definition) is 1. The van der Waals surface area contributed by atoms with Gasteiger partial charge in [0, 0.05) is 54.9 Å². The third kappa shape index (κ3) is 3.95. The summed E-state index contributed by atoms with van der Waals surface area (Å²) in [6.45, 7) is 4.90. The molecule has 2 heterocycles. The van der Waals surface area contributed by atoms with Crippen LogP contribution >= 0.6 is 11.3 Å². The third-order valence-electron chi connectivity index (χ3n) is 4.13. The second kappa shape index (κ2) is 7.19. The summed E-state index contributed by atoms with van der Waals surface area (Å²) in [4.78, 5) is 6.87. The molecule has 1 aliphatic rings. The number of anilines is 1. The Hall–Kier alpha value is -1.79. The summed E-state index contributed by atoms with van der Waals surface area (Å²) in [7, 11) is 3.37. The molecule has 23 heavy (non-hydrogen) atoms. The van der Waals surface area contributed by atoms with Crippen LogP contribution in [0.25, 0.3) is 0 Å². The summed E-state index contributed by atoms with van der Waals surface area (Å²) in [5.41, 5.74) is 2.28. The molecule has 0 amide bonds. The summed E-state index contributed by atoms with van der Waals surface area (Å²) in [5, 5.41) is 6.86. The fourth-order valence-corrected chi connectivity index (χ4v) is 3.49. The number of ether oxygens (including phenoxy) is 2. The van der Waals surface area contributed by atoms with Crippen LogP contribution in [-0.2, 0) is 6.54 Å². The van der Waals surface area contributed by atoms with Gasteiger partial charge >= 0.3 is 0 Å². The van der Waals surface area contributed by atoms with Gasteiger partial charge in [-0.15, -0.1) is 11.3 Å². The van der Waals surface area contributed by atoms with Crippen molar-refractivity contribution in [2.24, 2.45) is 0 Å². The normalized spacial score (nSPS) is 17.5. The third-order valence-corrected chi connectivity index (χ3v) is 4.95. The molecule has 1 aliphatic heterocycles. The van der Waals surface area contributed by atoms with Crippen LogP contribution in [0.1, 0.15) is 17.1 Å². The Bertz CT molecular complexity index is 637. The number of nitrogens with zero attached hydrogens (tertiary/aromatic N) is 2. The Morgan fingerprint density at radius 2 is 2.00 bits per heavy atom. The Kier molecular flexibility index (Phi) is 5.03. The van der Waals surface area contributed by atoms with Crippen LogP contribution in [0.3, 0.4) is 0 Å². The van der Waals surface area contributed by atoms with Crippen molar-refractivity contribution in [1.82, 2.24) is 10.3 Å². The van der Waals surface area contributed by atoms with Crippen LogP contribution in [0.5, 0.6) is 11.5 Å². The van der Waals surface area contributed by atoms with Crippen molar-refractivity contribution >= 4 is 17.0 Å². The molecule has 1 aromatic carbocycles. The predicted octanol–water partition coefficient (Wildman–Crippen LogP) is 2.84. The van der Waals surface area contributed by atoms with Gasteiger partial charge in [-0.3, -0.25) is 0 Å². The summed E-state index contributed by atoms with van der Waals surface area (Å²) in [6.07, 6.45) is 1.13. The van der Waals surface area contributed by atoms with E-state index in [-0.39, 0.29) is 0 Å². The van der Waals surface area contributed by atoms with Crippen LogP contribution < -0.4 is 19.7 Å². The quantitative estimate of drug-likeness (QED) is 0.881. The first-order valence-corrected chi connectivity index (χ1v) is 8.68. The molecule has 0 saturated carbocycles. The minimum absolute atomic E-state index is 0.481. The van der Waals surface area contributed by atoms with Gasteiger partial charge in [0.1, 0.15) is 11.5 Å². The molecule has 0 unspecified atom stereocenters. The standard InChI is InChI=1S/C17H23N3O2S/c1-12-19-14(11-23-12)9-18-13-4-5-20(10-13)15-6-16(21-2)8-17(7-15)22-3/h6-8,11,13,18H,4-5,9-10H2,1-3H3/t13-/m1/s1. The van der Waals surface area contributed by atoms with E-state index < -0.39 is 0 Å². The molecular formula is C17H23N3O2S. The first-order chi connectivity index (χ1) is 11.2. The zero-order valence-corrected chi connectivity index (χ0v) is 14.7. The van der Waals surface area contributed by atoms with Crippen molar-refractivity contribution < 1.29 is 9.47 Å². The molecular weight excluding hydrogens is 310 g/mol. The molecule has 124 valence electrons. The Balaban J connectivity index is 1.60. The second-order valence-corrected chi connectivity index (χ2v) is 6.80. The highest BCUT2D eigenvalue weighted by Crippen LogP contribution is 2.30. The second-order valence-electron chi connectivity index (χ2n) is 5.74. The molecule has 1 fully saturated rings. The molecule has 1 saturated heterocycles. The lowest BCUT2D eigenvalue weighted by Gasteiger charge is -2.20. The highest BCUT2D eigenvalue weighted by Gasteiger charge is 2.23. The van der Waals surface area contributed by atoms with Crippen LogP contribution in [0.4, 0.5) is 5.69 Å². The van der Waals surface area contributed by atoms with Crippen LogP contribution in [0.15, 0.2) is 23.6 Å². The monoisotopic (exact) mass is 333 g/mol. The zero-order valence-electron chi connectivity index (χ0n) is 13.8. The lowest BCUT2D eigenvalue weighted by Crippen LogP contribution is -2.32. The van der Waals surface area contributed by atoms with Crippen molar-refractivity contribution in [3.63, 3.8) is 0 Å². The molecule has 0 bridgehead atoms. The predicted molar refractivity (Wildman–Crippen MR) is 93.9 cm³/mol. The largest absolute Gasteiger partial charge is 0.497 e. The van der Waals surface area contributed by atoms with E-state index in [9.17, 15) is 0 Å². The van der Waals surface area contributed by atoms with Crippen LogP contribution in [0.2, 0.25) is 0 Å². The number of rotatable bonds is 6. The number of aryl methyl sites for hydroxylation is 1. The summed E-state index contributed by atoms with van der Waals surface area (Å²) < 4.78 is 10.7. The number of benzene rings is 1. The van der Waals surface area contributed by atoms with Gasteiger partial charge in [0.15, 0.2) is 0 Å². The van der Waals surface area contributed by atoms with Gasteiger partial charge in [-0.2, -0.15) is 0 Å². The SMILES string of the molecule is COc1cc(OC)cc(N2CC[C@@H](NCc3csc(C)n3)C2)c1. The fraction of sp³-hybridized carbons (Fsp3) is 0.471. The van der Waals surface area contributed by atoms with E-state index in [2.05, 4.69) is 32.7 Å². The minimum Gasteiger partial charge on any atom is -0.497 e. The molecule has 2 aromatic rings. The number of thiazole rings is 1. The fourth-order valence-electron chi connectivity index (χ4n) is 2.87. The maximum absolute atomic E-state index is 5.36. The van der Waals surface area contributed by atoms with Gasteiger partial charge in [-0.25, -0.2) is 4.98 Å². The van der Waals surface area contributed by atoms with E-state index in [1.165, 1.54) is 0 Å². The summed E-state index contributed by atoms with van der Waals surface area (Å²) in [6, 6.07) is 6.51. The van der Waals surface area contributed by atoms with Gasteiger partial charge in [-0.05, 0) is 13.3 Å². The summed E-state index contributed by atoms with van der Waals surface area (Å²) >= 11 is 1.70. The Morgan fingerprint density at radius 3 is 2.61 bits per heavy atom. The van der Waals surface area contributed by atoms with E-state index >= 15 is 0 Å². The topological polar surface area (TPSA) is 46.6 Å². The average Bonchev–Trinajstić information content (AvgIpc) is 3.21. The van der Waals surface area contributed by atoms with Crippen molar-refractivity contribution in [2.75, 3.05) is 32.2 Å². The lowest BCUT2D eigenvalue weighted by atomic mass is 10.2. The molecule has 6 heteroatoms. The van der Waals surface area contributed by atoms with Gasteiger partial charge in [-0.1, -0.05) is 0 Å². The van der Waals surface area contributed by atoms with Crippen LogP contribution in [0, 0.1) is 6.92 Å². The van der Waals surface area contributed by atoms with Crippen molar-refractivity contribution in [3.8, 4) is 11.5 Å². The van der Waals surface area contributed by atoms with Gasteiger partial charge in [0.2, 0.25) is 0 Å². The molecule has 1 aromatic heterocycles. The maximum Gasteiger partial charge on any atom is 0.124 e. The molecule has 1 atom stereocenters. The summed E-state index contributed by atoms with van der Waals surface area (Å²) in [5.74, 6) is 1.66. The van der Waals surface area contributed by atoms with E-state index in [0.29, 0.717) is 6.04 Å². The van der Waals surface area contributed by atoms with E-state index in [1.807, 2.05) is 13.0 Å². The zero-order chi connectivity index (χ0) is 16.2. The smallest absolute Gasteiger partial charge is 0.124 e. The molecule has 0 spiro atoms. The minimum atomic E-state index is 0.481. The molecule has 5 nitrogen and oxygen atoms in total. The van der Waals surface area contributed by atoms with E-state index in [0.717, 1.165) is 53.9 Å². The highest BCUT2D eigenvalue weighted by molar-refractivity contribution is 7.09. The average molecular weight is 333 g/mol. The molecule has 0 aliphatic carbocycles. The maximum atomic E-state index is 5.36. The first-order valence-electron chi connectivity index (χ1n) is 7.80. The Labute approximate surface area is 141 Å².